The largest absolute Gasteiger partial charge is 0.462 e. The van der Waals surface area contributed by atoms with Crippen molar-refractivity contribution in [2.24, 2.45) is 17.8 Å². The molecule has 5 heteroatoms. The zero-order valence-electron chi connectivity index (χ0n) is 15.1. The summed E-state index contributed by atoms with van der Waals surface area (Å²) in [5.74, 6) is 0.922. The predicted molar refractivity (Wildman–Crippen MR) is 97.7 cm³/mol. The summed E-state index contributed by atoms with van der Waals surface area (Å²) < 4.78 is 20.2. The maximum atomic E-state index is 15.0. The molecule has 2 unspecified atom stereocenters. The minimum atomic E-state index is -0.946. The molecule has 2 atom stereocenters. The molecule has 138 valence electrons. The maximum Gasteiger partial charge on any atom is 0.341 e. The number of aromatic nitrogens is 1. The maximum absolute atomic E-state index is 15.0. The molecule has 0 amide bonds. The topological polar surface area (TPSA) is 51.2 Å². The molecule has 4 bridgehead atoms. The van der Waals surface area contributed by atoms with Crippen molar-refractivity contribution in [1.82, 2.24) is 4.98 Å². The minimum absolute atomic E-state index is 0.240. The Morgan fingerprint density at radius 2 is 2.12 bits per heavy atom. The Hall–Kier alpha value is -1.91. The van der Waals surface area contributed by atoms with Gasteiger partial charge in [-0.1, -0.05) is 12.2 Å². The van der Waals surface area contributed by atoms with Gasteiger partial charge in [0.25, 0.3) is 0 Å². The molecule has 4 fully saturated rings. The highest BCUT2D eigenvalue weighted by atomic mass is 19.1. The molecule has 1 aromatic rings. The first-order valence-corrected chi connectivity index (χ1v) is 9.87. The average Bonchev–Trinajstić information content (AvgIpc) is 3.05. The fraction of sp³-hybridized carbons (Fsp3) is 0.619. The number of rotatable bonds is 4. The number of halogens is 1. The molecule has 1 aromatic heterocycles. The van der Waals surface area contributed by atoms with E-state index in [0.717, 1.165) is 42.6 Å². The second-order valence-corrected chi connectivity index (χ2v) is 8.53. The number of allylic oxidation sites excluding steroid dienone is 1. The van der Waals surface area contributed by atoms with E-state index in [4.69, 9.17) is 4.74 Å². The Bertz CT molecular complexity index is 774. The van der Waals surface area contributed by atoms with E-state index in [-0.39, 0.29) is 12.0 Å². The second kappa shape index (κ2) is 5.80. The number of esters is 1. The lowest BCUT2D eigenvalue weighted by Crippen LogP contribution is -2.57. The van der Waals surface area contributed by atoms with Gasteiger partial charge in [0.2, 0.25) is 0 Å². The third-order valence-corrected chi connectivity index (χ3v) is 6.80. The molecule has 4 nitrogen and oxygen atoms in total. The summed E-state index contributed by atoms with van der Waals surface area (Å²) in [4.78, 5) is 16.9. The van der Waals surface area contributed by atoms with E-state index in [0.29, 0.717) is 42.8 Å². The molecule has 0 saturated heterocycles. The average molecular weight is 356 g/mol. The number of carbonyl (C=O) groups is 1. The van der Waals surface area contributed by atoms with Crippen molar-refractivity contribution in [2.75, 3.05) is 11.9 Å². The summed E-state index contributed by atoms with van der Waals surface area (Å²) in [5, 5.41) is 3.69. The van der Waals surface area contributed by atoms with E-state index < -0.39 is 5.67 Å². The van der Waals surface area contributed by atoms with Crippen molar-refractivity contribution in [1.29, 1.82) is 0 Å². The van der Waals surface area contributed by atoms with Gasteiger partial charge in [0, 0.05) is 24.2 Å². The van der Waals surface area contributed by atoms with Gasteiger partial charge in [-0.05, 0) is 56.8 Å². The van der Waals surface area contributed by atoms with Crippen molar-refractivity contribution in [3.8, 4) is 0 Å². The van der Waals surface area contributed by atoms with E-state index in [9.17, 15) is 4.79 Å². The van der Waals surface area contributed by atoms with Gasteiger partial charge < -0.3 is 10.1 Å². The summed E-state index contributed by atoms with van der Waals surface area (Å²) in [6.07, 6.45) is 10.8. The number of ether oxygens (including phenoxy) is 1. The zero-order chi connectivity index (χ0) is 17.9. The molecule has 0 aromatic carbocycles. The summed E-state index contributed by atoms with van der Waals surface area (Å²) in [5.41, 5.74) is 2.39. The number of alkyl halides is 1. The fourth-order valence-electron chi connectivity index (χ4n) is 6.04. The van der Waals surface area contributed by atoms with Crippen molar-refractivity contribution < 1.29 is 13.9 Å². The molecule has 4 saturated carbocycles. The number of hydrogen-bond acceptors (Lipinski definition) is 4. The van der Waals surface area contributed by atoms with Crippen LogP contribution in [-0.2, 0) is 11.2 Å². The molecule has 0 aliphatic heterocycles. The van der Waals surface area contributed by atoms with E-state index in [1.807, 2.05) is 13.0 Å². The monoisotopic (exact) mass is 356 g/mol. The number of nitrogens with zero attached hydrogens (tertiary/aromatic N) is 1. The van der Waals surface area contributed by atoms with Crippen LogP contribution in [0.25, 0.3) is 6.08 Å². The quantitative estimate of drug-likeness (QED) is 0.823. The SMILES string of the molecule is CCOC(=O)c1cnc2c(c1NC1C3CC4CC1CC(F)(C4)C3)C=CC2. The van der Waals surface area contributed by atoms with Gasteiger partial charge in [-0.25, -0.2) is 9.18 Å². The summed E-state index contributed by atoms with van der Waals surface area (Å²) in [6.45, 7) is 2.15. The third-order valence-electron chi connectivity index (χ3n) is 6.80. The van der Waals surface area contributed by atoms with Crippen LogP contribution < -0.4 is 5.32 Å². The molecule has 26 heavy (non-hydrogen) atoms. The number of anilines is 1. The van der Waals surface area contributed by atoms with Crippen LogP contribution in [0.15, 0.2) is 12.3 Å². The first kappa shape index (κ1) is 16.3. The van der Waals surface area contributed by atoms with Gasteiger partial charge in [-0.15, -0.1) is 0 Å². The van der Waals surface area contributed by atoms with Crippen LogP contribution in [0, 0.1) is 17.8 Å². The Morgan fingerprint density at radius 1 is 1.35 bits per heavy atom. The summed E-state index contributed by atoms with van der Waals surface area (Å²) >= 11 is 0. The molecular weight excluding hydrogens is 331 g/mol. The third kappa shape index (κ3) is 2.47. The number of nitrogens with one attached hydrogen (secondary N) is 1. The lowest BCUT2D eigenvalue weighted by Gasteiger charge is -2.57. The molecule has 1 heterocycles. The Kier molecular flexibility index (Phi) is 3.63. The normalized spacial score (nSPS) is 36.2. The molecule has 0 spiro atoms. The first-order chi connectivity index (χ1) is 12.6. The molecule has 1 N–H and O–H groups in total. The second-order valence-electron chi connectivity index (χ2n) is 8.53. The Morgan fingerprint density at radius 3 is 2.81 bits per heavy atom. The molecule has 0 radical (unpaired) electrons. The van der Waals surface area contributed by atoms with E-state index in [2.05, 4.69) is 16.4 Å². The van der Waals surface area contributed by atoms with Gasteiger partial charge in [0.05, 0.1) is 18.0 Å². The zero-order valence-corrected chi connectivity index (χ0v) is 15.1. The number of pyridine rings is 1. The van der Waals surface area contributed by atoms with Crippen LogP contribution >= 0.6 is 0 Å². The fourth-order valence-corrected chi connectivity index (χ4v) is 6.04. The Labute approximate surface area is 153 Å². The standard InChI is InChI=1S/C21H25FN2O2/c1-2-26-20(25)16-11-23-17-5-3-4-15(17)19(16)24-18-13-6-12-7-14(18)10-21(22,8-12)9-13/h3-4,11-14,18H,2,5-10H2,1H3,(H,23,24). The van der Waals surface area contributed by atoms with Gasteiger partial charge in [0.15, 0.2) is 0 Å². The van der Waals surface area contributed by atoms with Gasteiger partial charge >= 0.3 is 5.97 Å². The van der Waals surface area contributed by atoms with Gasteiger partial charge in [-0.3, -0.25) is 4.98 Å². The highest BCUT2D eigenvalue weighted by molar-refractivity contribution is 5.98. The first-order valence-electron chi connectivity index (χ1n) is 9.87. The molecule has 5 aliphatic carbocycles. The number of hydrogen-bond donors (Lipinski definition) is 1. The van der Waals surface area contributed by atoms with Crippen LogP contribution in [0.1, 0.15) is 60.6 Å². The van der Waals surface area contributed by atoms with Crippen LogP contribution in [-0.4, -0.2) is 29.3 Å². The van der Waals surface area contributed by atoms with Crippen molar-refractivity contribution in [3.05, 3.63) is 29.1 Å². The predicted octanol–water partition coefficient (Wildman–Crippen LogP) is 4.16. The van der Waals surface area contributed by atoms with Crippen LogP contribution in [0.5, 0.6) is 0 Å². The lowest BCUT2D eigenvalue weighted by molar-refractivity contribution is -0.0800. The van der Waals surface area contributed by atoms with Crippen LogP contribution in [0.3, 0.4) is 0 Å². The van der Waals surface area contributed by atoms with Crippen LogP contribution in [0.4, 0.5) is 10.1 Å². The smallest absolute Gasteiger partial charge is 0.341 e. The number of carbonyl (C=O) groups excluding carboxylic acids is 1. The summed E-state index contributed by atoms with van der Waals surface area (Å²) in [7, 11) is 0. The lowest BCUT2D eigenvalue weighted by atomic mass is 9.53. The molecule has 5 aliphatic rings. The molecular formula is C21H25FN2O2. The minimum Gasteiger partial charge on any atom is -0.462 e. The van der Waals surface area contributed by atoms with Gasteiger partial charge in [-0.2, -0.15) is 0 Å². The summed E-state index contributed by atoms with van der Waals surface area (Å²) in [6, 6.07) is 0.240. The molecule has 6 rings (SSSR count). The Balaban J connectivity index is 1.50. The highest BCUT2D eigenvalue weighted by Crippen LogP contribution is 2.58. The van der Waals surface area contributed by atoms with Gasteiger partial charge in [0.1, 0.15) is 11.2 Å². The van der Waals surface area contributed by atoms with E-state index >= 15 is 4.39 Å². The van der Waals surface area contributed by atoms with Crippen molar-refractivity contribution in [2.45, 2.75) is 57.2 Å². The van der Waals surface area contributed by atoms with Crippen molar-refractivity contribution in [3.63, 3.8) is 0 Å². The van der Waals surface area contributed by atoms with E-state index in [1.54, 1.807) is 6.20 Å². The van der Waals surface area contributed by atoms with Crippen LogP contribution in [0.2, 0.25) is 0 Å². The van der Waals surface area contributed by atoms with E-state index in [1.165, 1.54) is 0 Å². The highest BCUT2D eigenvalue weighted by Gasteiger charge is 2.56. The number of fused-ring (bicyclic) bond motifs is 1. The van der Waals surface area contributed by atoms with Crippen molar-refractivity contribution >= 4 is 17.7 Å².